The molecule has 1 atom stereocenters. The molecular weight excluding hydrogens is 385 g/mol. The summed E-state index contributed by atoms with van der Waals surface area (Å²) in [6.45, 7) is 2.60. The number of benzene rings is 2. The first-order valence-corrected chi connectivity index (χ1v) is 9.31. The molecule has 0 aliphatic rings. The fourth-order valence-corrected chi connectivity index (χ4v) is 3.34. The minimum Gasteiger partial charge on any atom is -0.370 e. The second-order valence-corrected chi connectivity index (χ2v) is 7.29. The van der Waals surface area contributed by atoms with E-state index in [2.05, 4.69) is 5.32 Å². The average molecular weight is 408 g/mol. The number of primary amides is 1. The minimum absolute atomic E-state index is 0.144. The summed E-state index contributed by atoms with van der Waals surface area (Å²) in [6, 6.07) is 12.8. The van der Waals surface area contributed by atoms with Gasteiger partial charge in [0.25, 0.3) is 0 Å². The highest BCUT2D eigenvalue weighted by Gasteiger charge is 2.22. The maximum atomic E-state index is 12.4. The maximum absolute atomic E-state index is 12.4. The van der Waals surface area contributed by atoms with Crippen LogP contribution in [-0.4, -0.2) is 30.4 Å². The van der Waals surface area contributed by atoms with Crippen molar-refractivity contribution < 1.29 is 9.59 Å². The third-order valence-corrected chi connectivity index (χ3v) is 4.90. The smallest absolute Gasteiger partial charge is 0.317 e. The molecule has 0 aromatic heterocycles. The summed E-state index contributed by atoms with van der Waals surface area (Å²) >= 11 is 12.2. The van der Waals surface area contributed by atoms with E-state index in [1.165, 1.54) is 0 Å². The first kappa shape index (κ1) is 21.1. The Kier molecular flexibility index (Phi) is 7.51. The number of hydrogen-bond donors (Lipinski definition) is 2. The molecule has 0 radical (unpaired) electrons. The Labute approximate surface area is 169 Å². The number of amides is 3. The summed E-state index contributed by atoms with van der Waals surface area (Å²) in [6.07, 6.45) is 0.144. The van der Waals surface area contributed by atoms with E-state index < -0.39 is 5.91 Å². The van der Waals surface area contributed by atoms with Gasteiger partial charge in [0.1, 0.15) is 0 Å². The molecule has 3 amide bonds. The highest BCUT2D eigenvalue weighted by Crippen LogP contribution is 2.26. The zero-order chi connectivity index (χ0) is 20.0. The van der Waals surface area contributed by atoms with Crippen molar-refractivity contribution in [3.63, 3.8) is 0 Å². The lowest BCUT2D eigenvalue weighted by molar-refractivity contribution is -0.118. The molecule has 0 saturated heterocycles. The van der Waals surface area contributed by atoms with Crippen LogP contribution in [-0.2, 0) is 11.3 Å². The molecule has 0 spiro atoms. The highest BCUT2D eigenvalue weighted by atomic mass is 35.5. The largest absolute Gasteiger partial charge is 0.370 e. The number of aryl methyl sites for hydroxylation is 1. The molecule has 0 saturated carbocycles. The van der Waals surface area contributed by atoms with Gasteiger partial charge in [-0.05, 0) is 30.2 Å². The number of nitrogens with zero attached hydrogens (tertiary/aromatic N) is 1. The third-order valence-electron chi connectivity index (χ3n) is 4.31. The van der Waals surface area contributed by atoms with E-state index in [0.717, 1.165) is 16.7 Å². The third kappa shape index (κ3) is 6.15. The number of nitrogens with one attached hydrogen (secondary N) is 1. The topological polar surface area (TPSA) is 75.4 Å². The van der Waals surface area contributed by atoms with Gasteiger partial charge in [-0.3, -0.25) is 4.79 Å². The Morgan fingerprint density at radius 1 is 1.15 bits per heavy atom. The van der Waals surface area contributed by atoms with Crippen molar-refractivity contribution in [3.8, 4) is 0 Å². The van der Waals surface area contributed by atoms with Crippen molar-refractivity contribution in [3.05, 3.63) is 69.2 Å². The number of rotatable bonds is 7. The molecule has 7 heteroatoms. The fraction of sp³-hybridized carbons (Fsp3) is 0.300. The summed E-state index contributed by atoms with van der Waals surface area (Å²) in [5.74, 6) is -0.631. The van der Waals surface area contributed by atoms with Gasteiger partial charge in [0.2, 0.25) is 5.91 Å². The van der Waals surface area contributed by atoms with Gasteiger partial charge in [0.15, 0.2) is 0 Å². The molecule has 27 heavy (non-hydrogen) atoms. The Morgan fingerprint density at radius 2 is 1.81 bits per heavy atom. The van der Waals surface area contributed by atoms with Gasteiger partial charge < -0.3 is 16.0 Å². The van der Waals surface area contributed by atoms with E-state index in [0.29, 0.717) is 16.6 Å². The molecule has 0 fully saturated rings. The normalized spacial score (nSPS) is 11.7. The Balaban J connectivity index is 2.28. The quantitative estimate of drug-likeness (QED) is 0.724. The lowest BCUT2D eigenvalue weighted by Crippen LogP contribution is -2.40. The first-order chi connectivity index (χ1) is 12.8. The number of carbonyl (C=O) groups excluding carboxylic acids is 2. The molecule has 0 aliphatic heterocycles. The summed E-state index contributed by atoms with van der Waals surface area (Å²) < 4.78 is 0. The number of halogens is 2. The molecule has 1 unspecified atom stereocenters. The monoisotopic (exact) mass is 407 g/mol. The molecule has 0 aliphatic carbocycles. The minimum atomic E-state index is -0.415. The molecule has 2 aromatic carbocycles. The van der Waals surface area contributed by atoms with Crippen molar-refractivity contribution >= 4 is 35.1 Å². The van der Waals surface area contributed by atoms with Gasteiger partial charge in [-0.15, -0.1) is 0 Å². The lowest BCUT2D eigenvalue weighted by atomic mass is 9.94. The zero-order valence-corrected chi connectivity index (χ0v) is 16.8. The molecule has 144 valence electrons. The first-order valence-electron chi connectivity index (χ1n) is 8.55. The predicted molar refractivity (Wildman–Crippen MR) is 109 cm³/mol. The molecule has 5 nitrogen and oxygen atoms in total. The number of carbonyl (C=O) groups is 2. The van der Waals surface area contributed by atoms with Crippen molar-refractivity contribution in [1.29, 1.82) is 0 Å². The van der Waals surface area contributed by atoms with E-state index in [4.69, 9.17) is 28.9 Å². The second-order valence-electron chi connectivity index (χ2n) is 6.45. The van der Waals surface area contributed by atoms with Gasteiger partial charge >= 0.3 is 6.03 Å². The highest BCUT2D eigenvalue weighted by molar-refractivity contribution is 6.35. The Morgan fingerprint density at radius 3 is 2.37 bits per heavy atom. The van der Waals surface area contributed by atoms with Crippen LogP contribution in [0.4, 0.5) is 4.79 Å². The van der Waals surface area contributed by atoms with Crippen LogP contribution in [0.3, 0.4) is 0 Å². The standard InChI is InChI=1S/C20H23Cl2N3O2/c1-13-3-5-14(6-4-13)16(9-19(23)26)12-25(20(27)24-2)11-15-7-8-17(21)10-18(15)22/h3-8,10,16H,9,11-12H2,1-2H3,(H2,23,26)(H,24,27). The Hall–Kier alpha value is -2.24. The predicted octanol–water partition coefficient (Wildman–Crippen LogP) is 4.10. The van der Waals surface area contributed by atoms with E-state index in [9.17, 15) is 9.59 Å². The fourth-order valence-electron chi connectivity index (χ4n) is 2.87. The average Bonchev–Trinajstić information content (AvgIpc) is 2.62. The summed E-state index contributed by atoms with van der Waals surface area (Å²) in [4.78, 5) is 25.6. The van der Waals surface area contributed by atoms with Crippen LogP contribution in [0.1, 0.15) is 29.0 Å². The van der Waals surface area contributed by atoms with E-state index in [1.54, 1.807) is 30.1 Å². The summed E-state index contributed by atoms with van der Waals surface area (Å²) in [5, 5.41) is 3.65. The van der Waals surface area contributed by atoms with Gasteiger partial charge in [-0.25, -0.2) is 4.79 Å². The zero-order valence-electron chi connectivity index (χ0n) is 15.3. The Bertz CT molecular complexity index is 809. The summed E-state index contributed by atoms with van der Waals surface area (Å²) in [7, 11) is 1.56. The van der Waals surface area contributed by atoms with E-state index in [-0.39, 0.29) is 24.9 Å². The van der Waals surface area contributed by atoms with Crippen LogP contribution < -0.4 is 11.1 Å². The van der Waals surface area contributed by atoms with E-state index >= 15 is 0 Å². The molecule has 0 bridgehead atoms. The summed E-state index contributed by atoms with van der Waals surface area (Å²) in [5.41, 5.74) is 8.29. The van der Waals surface area contributed by atoms with Crippen LogP contribution in [0.25, 0.3) is 0 Å². The number of hydrogen-bond acceptors (Lipinski definition) is 2. The maximum Gasteiger partial charge on any atom is 0.317 e. The number of nitrogens with two attached hydrogens (primary N) is 1. The van der Waals surface area contributed by atoms with Crippen LogP contribution in [0.2, 0.25) is 10.0 Å². The molecule has 2 rings (SSSR count). The van der Waals surface area contributed by atoms with Crippen molar-refractivity contribution in [2.75, 3.05) is 13.6 Å². The molecule has 0 heterocycles. The second kappa shape index (κ2) is 9.62. The van der Waals surface area contributed by atoms with Crippen LogP contribution in [0, 0.1) is 6.92 Å². The van der Waals surface area contributed by atoms with Crippen molar-refractivity contribution in [1.82, 2.24) is 10.2 Å². The van der Waals surface area contributed by atoms with E-state index in [1.807, 2.05) is 31.2 Å². The van der Waals surface area contributed by atoms with Gasteiger partial charge in [-0.1, -0.05) is 59.1 Å². The van der Waals surface area contributed by atoms with Gasteiger partial charge in [0, 0.05) is 42.5 Å². The lowest BCUT2D eigenvalue weighted by Gasteiger charge is -2.28. The molecular formula is C20H23Cl2N3O2. The number of urea groups is 1. The van der Waals surface area contributed by atoms with Gasteiger partial charge in [0.05, 0.1) is 0 Å². The SMILES string of the molecule is CNC(=O)N(Cc1ccc(Cl)cc1Cl)CC(CC(N)=O)c1ccc(C)cc1. The van der Waals surface area contributed by atoms with Crippen LogP contribution >= 0.6 is 23.2 Å². The van der Waals surface area contributed by atoms with Crippen molar-refractivity contribution in [2.45, 2.75) is 25.8 Å². The van der Waals surface area contributed by atoms with Crippen molar-refractivity contribution in [2.24, 2.45) is 5.73 Å². The molecule has 3 N–H and O–H groups in total. The molecule has 2 aromatic rings. The van der Waals surface area contributed by atoms with Crippen LogP contribution in [0.5, 0.6) is 0 Å². The van der Waals surface area contributed by atoms with Gasteiger partial charge in [-0.2, -0.15) is 0 Å². The van der Waals surface area contributed by atoms with Crippen LogP contribution in [0.15, 0.2) is 42.5 Å².